The van der Waals surface area contributed by atoms with Crippen molar-refractivity contribution < 1.29 is 9.13 Å². The second kappa shape index (κ2) is 5.98. The minimum atomic E-state index is -0.296. The zero-order valence-electron chi connectivity index (χ0n) is 12.3. The summed E-state index contributed by atoms with van der Waals surface area (Å²) in [5.74, 6) is 0.320. The molecule has 3 aromatic rings. The van der Waals surface area contributed by atoms with Gasteiger partial charge in [0.15, 0.2) is 0 Å². The van der Waals surface area contributed by atoms with E-state index < -0.39 is 0 Å². The first-order valence-corrected chi connectivity index (χ1v) is 7.69. The maximum absolute atomic E-state index is 13.1. The van der Waals surface area contributed by atoms with Gasteiger partial charge in [0.1, 0.15) is 16.5 Å². The number of halogens is 1. The van der Waals surface area contributed by atoms with E-state index in [4.69, 9.17) is 4.74 Å². The van der Waals surface area contributed by atoms with Gasteiger partial charge in [0.25, 0.3) is 5.56 Å². The molecule has 0 radical (unpaired) electrons. The number of hydrogen-bond acceptors (Lipinski definition) is 4. The van der Waals surface area contributed by atoms with E-state index in [2.05, 4.69) is 9.97 Å². The van der Waals surface area contributed by atoms with Crippen LogP contribution in [0, 0.1) is 12.7 Å². The van der Waals surface area contributed by atoms with Gasteiger partial charge >= 0.3 is 0 Å². The molecule has 0 saturated heterocycles. The number of methoxy groups -OCH3 is 1. The van der Waals surface area contributed by atoms with E-state index in [0.29, 0.717) is 29.1 Å². The molecule has 0 bridgehead atoms. The third-order valence-electron chi connectivity index (χ3n) is 3.46. The van der Waals surface area contributed by atoms with Gasteiger partial charge in [-0.3, -0.25) is 4.79 Å². The average molecular weight is 318 g/mol. The van der Waals surface area contributed by atoms with E-state index in [0.717, 1.165) is 16.0 Å². The van der Waals surface area contributed by atoms with E-state index in [9.17, 15) is 9.18 Å². The fraction of sp³-hybridized carbons (Fsp3) is 0.250. The lowest BCUT2D eigenvalue weighted by Gasteiger charge is -2.03. The SMILES string of the molecule is COCCc1nc2sc(C)c(-c3ccc(F)cc3)c2c(=O)[nH]1. The molecule has 2 aromatic heterocycles. The summed E-state index contributed by atoms with van der Waals surface area (Å²) < 4.78 is 18.1. The number of ether oxygens (including phenoxy) is 1. The molecule has 114 valence electrons. The van der Waals surface area contributed by atoms with E-state index in [1.165, 1.54) is 23.5 Å². The van der Waals surface area contributed by atoms with Crippen molar-refractivity contribution in [1.82, 2.24) is 9.97 Å². The van der Waals surface area contributed by atoms with Crippen molar-refractivity contribution in [2.45, 2.75) is 13.3 Å². The second-order valence-electron chi connectivity index (χ2n) is 4.98. The number of aromatic nitrogens is 2. The highest BCUT2D eigenvalue weighted by Crippen LogP contribution is 2.35. The summed E-state index contributed by atoms with van der Waals surface area (Å²) in [5, 5.41) is 0.565. The third kappa shape index (κ3) is 2.67. The number of thiophene rings is 1. The van der Waals surface area contributed by atoms with Crippen LogP contribution in [0.1, 0.15) is 10.7 Å². The molecule has 0 saturated carbocycles. The number of fused-ring (bicyclic) bond motifs is 1. The summed E-state index contributed by atoms with van der Waals surface area (Å²) in [6, 6.07) is 6.16. The van der Waals surface area contributed by atoms with Crippen molar-refractivity contribution in [2.24, 2.45) is 0 Å². The first-order chi connectivity index (χ1) is 10.6. The third-order valence-corrected chi connectivity index (χ3v) is 4.46. The average Bonchev–Trinajstić information content (AvgIpc) is 2.82. The molecular formula is C16H15FN2O2S. The van der Waals surface area contributed by atoms with Crippen molar-refractivity contribution in [2.75, 3.05) is 13.7 Å². The molecule has 0 aliphatic rings. The Morgan fingerprint density at radius 2 is 2.05 bits per heavy atom. The number of rotatable bonds is 4. The second-order valence-corrected chi connectivity index (χ2v) is 6.18. The Kier molecular flexibility index (Phi) is 4.04. The van der Waals surface area contributed by atoms with Gasteiger partial charge in [-0.25, -0.2) is 9.37 Å². The van der Waals surface area contributed by atoms with Gasteiger partial charge < -0.3 is 9.72 Å². The van der Waals surface area contributed by atoms with Crippen LogP contribution in [0.25, 0.3) is 21.3 Å². The zero-order valence-corrected chi connectivity index (χ0v) is 13.1. The Hall–Kier alpha value is -2.05. The lowest BCUT2D eigenvalue weighted by molar-refractivity contribution is 0.200. The fourth-order valence-corrected chi connectivity index (χ4v) is 3.51. The first-order valence-electron chi connectivity index (χ1n) is 6.87. The van der Waals surface area contributed by atoms with Crippen LogP contribution < -0.4 is 5.56 Å². The van der Waals surface area contributed by atoms with Crippen LogP contribution in [-0.2, 0) is 11.2 Å². The van der Waals surface area contributed by atoms with Gasteiger partial charge in [-0.1, -0.05) is 12.1 Å². The number of H-pyrrole nitrogens is 1. The molecule has 0 atom stereocenters. The molecule has 6 heteroatoms. The van der Waals surface area contributed by atoms with Crippen LogP contribution in [-0.4, -0.2) is 23.7 Å². The summed E-state index contributed by atoms with van der Waals surface area (Å²) in [6.45, 7) is 2.45. The summed E-state index contributed by atoms with van der Waals surface area (Å²) in [6.07, 6.45) is 0.560. The number of aromatic amines is 1. The monoisotopic (exact) mass is 318 g/mol. The zero-order chi connectivity index (χ0) is 15.7. The van der Waals surface area contributed by atoms with Gasteiger partial charge in [-0.05, 0) is 24.6 Å². The van der Waals surface area contributed by atoms with E-state index in [-0.39, 0.29) is 11.4 Å². The van der Waals surface area contributed by atoms with E-state index >= 15 is 0 Å². The smallest absolute Gasteiger partial charge is 0.260 e. The van der Waals surface area contributed by atoms with Crippen molar-refractivity contribution >= 4 is 21.6 Å². The number of aryl methyl sites for hydroxylation is 1. The van der Waals surface area contributed by atoms with Crippen LogP contribution in [0.4, 0.5) is 4.39 Å². The fourth-order valence-electron chi connectivity index (χ4n) is 2.44. The number of nitrogens with zero attached hydrogens (tertiary/aromatic N) is 1. The van der Waals surface area contributed by atoms with Crippen molar-refractivity contribution in [1.29, 1.82) is 0 Å². The lowest BCUT2D eigenvalue weighted by Crippen LogP contribution is -2.12. The predicted octanol–water partition coefficient (Wildman–Crippen LogP) is 3.29. The molecule has 0 fully saturated rings. The number of hydrogen-bond donors (Lipinski definition) is 1. The van der Waals surface area contributed by atoms with Crippen molar-refractivity contribution in [3.63, 3.8) is 0 Å². The van der Waals surface area contributed by atoms with Crippen molar-refractivity contribution in [3.05, 3.63) is 51.1 Å². The maximum atomic E-state index is 13.1. The first kappa shape index (κ1) is 14.9. The summed E-state index contributed by atoms with van der Waals surface area (Å²) in [5.41, 5.74) is 1.48. The van der Waals surface area contributed by atoms with Gasteiger partial charge in [0.2, 0.25) is 0 Å². The molecule has 22 heavy (non-hydrogen) atoms. The minimum absolute atomic E-state index is 0.167. The maximum Gasteiger partial charge on any atom is 0.260 e. The minimum Gasteiger partial charge on any atom is -0.384 e. The van der Waals surface area contributed by atoms with Crippen LogP contribution in [0.15, 0.2) is 29.1 Å². The molecule has 0 aliphatic carbocycles. The molecule has 0 spiro atoms. The highest BCUT2D eigenvalue weighted by molar-refractivity contribution is 7.19. The Balaban J connectivity index is 2.17. The number of nitrogens with one attached hydrogen (secondary N) is 1. The predicted molar refractivity (Wildman–Crippen MR) is 86.0 cm³/mol. The molecule has 3 rings (SSSR count). The highest BCUT2D eigenvalue weighted by atomic mass is 32.1. The highest BCUT2D eigenvalue weighted by Gasteiger charge is 2.16. The summed E-state index contributed by atoms with van der Waals surface area (Å²) in [4.78, 5) is 21.4. The van der Waals surface area contributed by atoms with Gasteiger partial charge in [-0.15, -0.1) is 11.3 Å². The summed E-state index contributed by atoms with van der Waals surface area (Å²) in [7, 11) is 1.61. The lowest BCUT2D eigenvalue weighted by atomic mass is 10.0. The summed E-state index contributed by atoms with van der Waals surface area (Å²) >= 11 is 1.47. The molecule has 1 N–H and O–H groups in total. The standard InChI is InChI=1S/C16H15FN2O2S/c1-9-13(10-3-5-11(17)6-4-10)14-15(20)18-12(7-8-21-2)19-16(14)22-9/h3-6H,7-8H2,1-2H3,(H,18,19,20). The Labute approximate surface area is 130 Å². The normalized spacial score (nSPS) is 11.2. The molecule has 4 nitrogen and oxygen atoms in total. The Morgan fingerprint density at radius 1 is 1.32 bits per heavy atom. The van der Waals surface area contributed by atoms with E-state index in [1.807, 2.05) is 6.92 Å². The molecule has 0 unspecified atom stereocenters. The van der Waals surface area contributed by atoms with Crippen molar-refractivity contribution in [3.8, 4) is 11.1 Å². The number of benzene rings is 1. The van der Waals surface area contributed by atoms with Gasteiger partial charge in [-0.2, -0.15) is 0 Å². The van der Waals surface area contributed by atoms with Crippen LogP contribution in [0.2, 0.25) is 0 Å². The van der Waals surface area contributed by atoms with Crippen LogP contribution >= 0.6 is 11.3 Å². The molecule has 2 heterocycles. The Morgan fingerprint density at radius 3 is 2.73 bits per heavy atom. The van der Waals surface area contributed by atoms with Crippen LogP contribution in [0.3, 0.4) is 0 Å². The quantitative estimate of drug-likeness (QED) is 0.803. The molecule has 0 amide bonds. The van der Waals surface area contributed by atoms with Gasteiger partial charge in [0, 0.05) is 24.0 Å². The molecule has 1 aromatic carbocycles. The van der Waals surface area contributed by atoms with E-state index in [1.54, 1.807) is 19.2 Å². The van der Waals surface area contributed by atoms with Gasteiger partial charge in [0.05, 0.1) is 12.0 Å². The molecule has 0 aliphatic heterocycles. The largest absolute Gasteiger partial charge is 0.384 e. The molecular weight excluding hydrogens is 303 g/mol. The topological polar surface area (TPSA) is 55.0 Å². The van der Waals surface area contributed by atoms with Crippen LogP contribution in [0.5, 0.6) is 0 Å². The Bertz CT molecular complexity index is 868.